The maximum absolute atomic E-state index is 12.1. The minimum absolute atomic E-state index is 0.272. The van der Waals surface area contributed by atoms with Gasteiger partial charge in [0.15, 0.2) is 0 Å². The summed E-state index contributed by atoms with van der Waals surface area (Å²) < 4.78 is 6.47. The lowest BCUT2D eigenvalue weighted by atomic mass is 10.1. The Morgan fingerprint density at radius 2 is 2.08 bits per heavy atom. The average molecular weight is 422 g/mol. The van der Waals surface area contributed by atoms with Gasteiger partial charge in [-0.2, -0.15) is 0 Å². The van der Waals surface area contributed by atoms with Crippen molar-refractivity contribution in [3.63, 3.8) is 0 Å². The third-order valence-electron chi connectivity index (χ3n) is 3.64. The highest BCUT2D eigenvalue weighted by molar-refractivity contribution is 9.10. The summed E-state index contributed by atoms with van der Waals surface area (Å²) in [5, 5.41) is 2.03. The lowest BCUT2D eigenvalue weighted by Crippen LogP contribution is -2.39. The van der Waals surface area contributed by atoms with Gasteiger partial charge < -0.3 is 9.64 Å². The van der Waals surface area contributed by atoms with Crippen molar-refractivity contribution in [2.24, 2.45) is 0 Å². The lowest BCUT2D eigenvalue weighted by molar-refractivity contribution is 0.0270. The van der Waals surface area contributed by atoms with E-state index in [4.69, 9.17) is 9.72 Å². The molecule has 0 radical (unpaired) electrons. The van der Waals surface area contributed by atoms with Gasteiger partial charge in [0, 0.05) is 22.9 Å². The van der Waals surface area contributed by atoms with E-state index in [2.05, 4.69) is 20.9 Å². The molecule has 2 aromatic rings. The Kier molecular flexibility index (Phi) is 5.24. The topological polar surface area (TPSA) is 55.3 Å². The molecule has 25 heavy (non-hydrogen) atoms. The first-order valence-electron chi connectivity index (χ1n) is 8.05. The molecule has 3 heterocycles. The number of nitrogens with zero attached hydrogens (tertiary/aromatic N) is 3. The molecule has 5 nitrogen and oxygen atoms in total. The Hall–Kier alpha value is -1.73. The Morgan fingerprint density at radius 3 is 2.68 bits per heavy atom. The van der Waals surface area contributed by atoms with Crippen molar-refractivity contribution in [3.8, 4) is 10.6 Å². The predicted octanol–water partition coefficient (Wildman–Crippen LogP) is 4.99. The van der Waals surface area contributed by atoms with Crippen molar-refractivity contribution in [2.45, 2.75) is 32.8 Å². The molecule has 1 amide bonds. The highest BCUT2D eigenvalue weighted by Gasteiger charge is 2.24. The van der Waals surface area contributed by atoms with Crippen LogP contribution in [0.4, 0.5) is 4.79 Å². The second kappa shape index (κ2) is 7.25. The molecule has 0 bridgehead atoms. The third kappa shape index (κ3) is 4.67. The minimum Gasteiger partial charge on any atom is -0.444 e. The number of carbonyl (C=O) groups is 1. The fourth-order valence-corrected chi connectivity index (χ4v) is 3.86. The van der Waals surface area contributed by atoms with Crippen molar-refractivity contribution in [1.82, 2.24) is 14.9 Å². The summed E-state index contributed by atoms with van der Waals surface area (Å²) in [6.07, 6.45) is 6.06. The zero-order valence-corrected chi connectivity index (χ0v) is 16.9. The SMILES string of the molecule is CC(C)(C)OC(=O)N1CC=C(c2cncc(-c3cc(Br)cs3)n2)CC1. The highest BCUT2D eigenvalue weighted by Crippen LogP contribution is 2.29. The normalized spacial score (nSPS) is 15.0. The second-order valence-electron chi connectivity index (χ2n) is 6.82. The Morgan fingerprint density at radius 1 is 1.32 bits per heavy atom. The predicted molar refractivity (Wildman–Crippen MR) is 103 cm³/mol. The number of thiophene rings is 1. The van der Waals surface area contributed by atoms with E-state index < -0.39 is 5.60 Å². The summed E-state index contributed by atoms with van der Waals surface area (Å²) in [4.78, 5) is 24.0. The number of carbonyl (C=O) groups excluding carboxylic acids is 1. The van der Waals surface area contributed by atoms with Gasteiger partial charge in [0.1, 0.15) is 5.60 Å². The molecule has 0 atom stereocenters. The van der Waals surface area contributed by atoms with E-state index in [1.54, 1.807) is 28.6 Å². The van der Waals surface area contributed by atoms with Crippen LogP contribution in [-0.4, -0.2) is 39.7 Å². The van der Waals surface area contributed by atoms with E-state index in [1.807, 2.05) is 38.3 Å². The first-order chi connectivity index (χ1) is 11.8. The molecule has 7 heteroatoms. The Balaban J connectivity index is 1.73. The van der Waals surface area contributed by atoms with Gasteiger partial charge in [-0.3, -0.25) is 4.98 Å². The molecule has 0 unspecified atom stereocenters. The van der Waals surface area contributed by atoms with Crippen LogP contribution in [0.5, 0.6) is 0 Å². The summed E-state index contributed by atoms with van der Waals surface area (Å²) >= 11 is 5.10. The minimum atomic E-state index is -0.476. The Labute approximate surface area is 159 Å². The van der Waals surface area contributed by atoms with Crippen LogP contribution in [-0.2, 0) is 4.74 Å². The van der Waals surface area contributed by atoms with Crippen molar-refractivity contribution in [2.75, 3.05) is 13.1 Å². The van der Waals surface area contributed by atoms with Gasteiger partial charge in [0.2, 0.25) is 0 Å². The number of aromatic nitrogens is 2. The number of amides is 1. The molecule has 1 aliphatic heterocycles. The number of rotatable bonds is 2. The van der Waals surface area contributed by atoms with Crippen molar-refractivity contribution in [1.29, 1.82) is 0 Å². The van der Waals surface area contributed by atoms with Gasteiger partial charge in [0.05, 0.1) is 28.7 Å². The van der Waals surface area contributed by atoms with Gasteiger partial charge in [-0.1, -0.05) is 6.08 Å². The van der Waals surface area contributed by atoms with Crippen LogP contribution in [0, 0.1) is 0 Å². The average Bonchev–Trinajstić information content (AvgIpc) is 3.00. The maximum atomic E-state index is 12.1. The van der Waals surface area contributed by atoms with E-state index in [0.717, 1.165) is 32.7 Å². The van der Waals surface area contributed by atoms with E-state index in [-0.39, 0.29) is 6.09 Å². The summed E-state index contributed by atoms with van der Waals surface area (Å²) in [7, 11) is 0. The summed E-state index contributed by atoms with van der Waals surface area (Å²) in [6.45, 7) is 6.78. The number of halogens is 1. The summed E-state index contributed by atoms with van der Waals surface area (Å²) in [5.41, 5.74) is 2.37. The standard InChI is InChI=1S/C18H20BrN3O2S/c1-18(2,3)24-17(23)22-6-4-12(5-7-22)14-9-20-10-15(21-14)16-8-13(19)11-25-16/h4,8-11H,5-7H2,1-3H3. The van der Waals surface area contributed by atoms with Crippen molar-refractivity contribution in [3.05, 3.63) is 40.1 Å². The molecule has 0 saturated heterocycles. The lowest BCUT2D eigenvalue weighted by Gasteiger charge is -2.29. The maximum Gasteiger partial charge on any atom is 0.410 e. The molecule has 1 aliphatic rings. The third-order valence-corrected chi connectivity index (χ3v) is 5.36. The molecular weight excluding hydrogens is 402 g/mol. The molecule has 0 N–H and O–H groups in total. The highest BCUT2D eigenvalue weighted by atomic mass is 79.9. The molecule has 0 fully saturated rings. The van der Waals surface area contributed by atoms with Crippen LogP contribution in [0.1, 0.15) is 32.9 Å². The fourth-order valence-electron chi connectivity index (χ4n) is 2.48. The largest absolute Gasteiger partial charge is 0.444 e. The van der Waals surface area contributed by atoms with Crippen LogP contribution in [0.2, 0.25) is 0 Å². The van der Waals surface area contributed by atoms with Gasteiger partial charge in [-0.05, 0) is 54.8 Å². The Bertz CT molecular complexity index is 811. The van der Waals surface area contributed by atoms with E-state index in [9.17, 15) is 4.79 Å². The molecule has 132 valence electrons. The summed E-state index contributed by atoms with van der Waals surface area (Å²) in [6, 6.07) is 2.04. The first-order valence-corrected chi connectivity index (χ1v) is 9.73. The van der Waals surface area contributed by atoms with Crippen LogP contribution in [0.15, 0.2) is 34.4 Å². The smallest absolute Gasteiger partial charge is 0.410 e. The van der Waals surface area contributed by atoms with Crippen molar-refractivity contribution >= 4 is 38.9 Å². The molecule has 3 rings (SSSR count). The fraction of sp³-hybridized carbons (Fsp3) is 0.389. The zero-order valence-electron chi connectivity index (χ0n) is 14.5. The number of hydrogen-bond acceptors (Lipinski definition) is 5. The number of hydrogen-bond donors (Lipinski definition) is 0. The van der Waals surface area contributed by atoms with Crippen LogP contribution < -0.4 is 0 Å². The van der Waals surface area contributed by atoms with Gasteiger partial charge >= 0.3 is 6.09 Å². The van der Waals surface area contributed by atoms with Gasteiger partial charge in [0.25, 0.3) is 0 Å². The summed E-state index contributed by atoms with van der Waals surface area (Å²) in [5.74, 6) is 0. The quantitative estimate of drug-likeness (QED) is 0.684. The van der Waals surface area contributed by atoms with Gasteiger partial charge in [-0.25, -0.2) is 9.78 Å². The molecule has 0 saturated carbocycles. The number of ether oxygens (including phenoxy) is 1. The molecule has 2 aromatic heterocycles. The van der Waals surface area contributed by atoms with Gasteiger partial charge in [-0.15, -0.1) is 11.3 Å². The molecular formula is C18H20BrN3O2S. The molecule has 0 aliphatic carbocycles. The van der Waals surface area contributed by atoms with Crippen molar-refractivity contribution < 1.29 is 9.53 Å². The van der Waals surface area contributed by atoms with E-state index >= 15 is 0 Å². The molecule has 0 spiro atoms. The van der Waals surface area contributed by atoms with Crippen LogP contribution >= 0.6 is 27.3 Å². The van der Waals surface area contributed by atoms with E-state index in [0.29, 0.717) is 13.1 Å². The zero-order chi connectivity index (χ0) is 18.0. The van der Waals surface area contributed by atoms with E-state index in [1.165, 1.54) is 0 Å². The van der Waals surface area contributed by atoms with Crippen LogP contribution in [0.3, 0.4) is 0 Å². The monoisotopic (exact) mass is 421 g/mol. The van der Waals surface area contributed by atoms with Crippen LogP contribution in [0.25, 0.3) is 16.1 Å². The second-order valence-corrected chi connectivity index (χ2v) is 8.65. The first kappa shape index (κ1) is 18.1. The molecule has 0 aromatic carbocycles.